The molecular formula is C30H28N2O10S. The van der Waals surface area contributed by atoms with Gasteiger partial charge < -0.3 is 28.1 Å². The molecule has 0 radical (unpaired) electrons. The zero-order chi connectivity index (χ0) is 31.1. The summed E-state index contributed by atoms with van der Waals surface area (Å²) in [7, 11) is 0. The van der Waals surface area contributed by atoms with Gasteiger partial charge in [0.05, 0.1) is 17.5 Å². The minimum Gasteiger partial charge on any atom is -0.464 e. The second-order valence-electron chi connectivity index (χ2n) is 9.38. The summed E-state index contributed by atoms with van der Waals surface area (Å²) in [6.45, 7) is 4.25. The lowest BCUT2D eigenvalue weighted by atomic mass is 9.99. The molecule has 0 bridgehead atoms. The first-order chi connectivity index (χ1) is 20.6. The maximum Gasteiger partial charge on any atom is 0.303 e. The third kappa shape index (κ3) is 7.79. The van der Waals surface area contributed by atoms with Crippen LogP contribution in [0.25, 0.3) is 22.6 Å². The van der Waals surface area contributed by atoms with Crippen molar-refractivity contribution in [1.29, 1.82) is 5.26 Å². The minimum atomic E-state index is -1.36. The highest BCUT2D eigenvalue weighted by molar-refractivity contribution is 7.99. The van der Waals surface area contributed by atoms with Gasteiger partial charge in [-0.1, -0.05) is 42.1 Å². The lowest BCUT2D eigenvalue weighted by molar-refractivity contribution is -0.237. The molecule has 0 saturated carbocycles. The third-order valence-electron chi connectivity index (χ3n) is 6.13. The maximum absolute atomic E-state index is 12.3. The molecule has 13 heteroatoms. The van der Waals surface area contributed by atoms with Crippen molar-refractivity contribution < 1.29 is 47.3 Å². The molecule has 0 N–H and O–H groups in total. The monoisotopic (exact) mass is 608 g/mol. The normalized spacial score (nSPS) is 21.2. The minimum absolute atomic E-state index is 0.146. The van der Waals surface area contributed by atoms with E-state index in [1.165, 1.54) is 13.2 Å². The van der Waals surface area contributed by atoms with Crippen molar-refractivity contribution in [1.82, 2.24) is 4.98 Å². The Kier molecular flexibility index (Phi) is 10.2. The van der Waals surface area contributed by atoms with E-state index in [1.54, 1.807) is 18.2 Å². The average Bonchev–Trinajstić information content (AvgIpc) is 3.49. The molecule has 0 aliphatic carbocycles. The van der Waals surface area contributed by atoms with E-state index >= 15 is 0 Å². The first-order valence-electron chi connectivity index (χ1n) is 13.1. The fraction of sp³-hybridized carbons (Fsp3) is 0.333. The molecule has 1 fully saturated rings. The topological polar surface area (TPSA) is 164 Å². The number of rotatable bonds is 9. The summed E-state index contributed by atoms with van der Waals surface area (Å²) >= 11 is 0.929. The number of ether oxygens (including phenoxy) is 5. The fourth-order valence-electron chi connectivity index (χ4n) is 4.49. The van der Waals surface area contributed by atoms with E-state index in [0.717, 1.165) is 38.1 Å². The summed E-state index contributed by atoms with van der Waals surface area (Å²) in [6.07, 6.45) is -3.66. The maximum atomic E-state index is 12.3. The van der Waals surface area contributed by atoms with Crippen molar-refractivity contribution in [2.24, 2.45) is 0 Å². The zero-order valence-electron chi connectivity index (χ0n) is 23.7. The lowest BCUT2D eigenvalue weighted by Gasteiger charge is -2.44. The van der Waals surface area contributed by atoms with Gasteiger partial charge in [0.15, 0.2) is 23.7 Å². The van der Waals surface area contributed by atoms with Gasteiger partial charge in [0, 0.05) is 38.8 Å². The van der Waals surface area contributed by atoms with E-state index in [1.807, 2.05) is 30.3 Å². The van der Waals surface area contributed by atoms with E-state index < -0.39 is 53.7 Å². The van der Waals surface area contributed by atoms with E-state index in [0.29, 0.717) is 17.0 Å². The number of benzene rings is 1. The highest BCUT2D eigenvalue weighted by Gasteiger charge is 2.52. The molecule has 1 aromatic carbocycles. The van der Waals surface area contributed by atoms with Crippen LogP contribution in [0.4, 0.5) is 0 Å². The number of furan rings is 1. The van der Waals surface area contributed by atoms with Crippen LogP contribution in [0.15, 0.2) is 64.2 Å². The Morgan fingerprint density at radius 1 is 0.884 bits per heavy atom. The predicted molar refractivity (Wildman–Crippen MR) is 150 cm³/mol. The van der Waals surface area contributed by atoms with Crippen molar-refractivity contribution in [3.8, 4) is 28.7 Å². The number of pyridine rings is 1. The molecule has 4 rings (SSSR count). The summed E-state index contributed by atoms with van der Waals surface area (Å²) in [4.78, 5) is 52.9. The highest BCUT2D eigenvalue weighted by Crippen LogP contribution is 2.41. The van der Waals surface area contributed by atoms with Gasteiger partial charge in [0.25, 0.3) is 0 Å². The molecule has 1 aliphatic rings. The number of hydrogen-bond donors (Lipinski definition) is 0. The Balaban J connectivity index is 1.85. The van der Waals surface area contributed by atoms with Crippen LogP contribution in [-0.2, 0) is 42.9 Å². The van der Waals surface area contributed by atoms with Crippen LogP contribution >= 0.6 is 11.8 Å². The second-order valence-corrected chi connectivity index (χ2v) is 10.5. The van der Waals surface area contributed by atoms with Gasteiger partial charge in [0.2, 0.25) is 0 Å². The summed E-state index contributed by atoms with van der Waals surface area (Å²) in [5.74, 6) is -2.44. The van der Waals surface area contributed by atoms with Gasteiger partial charge in [-0.3, -0.25) is 19.2 Å². The number of nitriles is 1. The highest BCUT2D eigenvalue weighted by atomic mass is 32.2. The number of carbonyl (C=O) groups excluding carboxylic acids is 4. The average molecular weight is 609 g/mol. The number of esters is 4. The van der Waals surface area contributed by atoms with Crippen molar-refractivity contribution in [3.05, 3.63) is 60.4 Å². The molecule has 1 saturated heterocycles. The molecule has 224 valence electrons. The predicted octanol–water partition coefficient (Wildman–Crippen LogP) is 4.06. The molecule has 1 aliphatic heterocycles. The van der Waals surface area contributed by atoms with Crippen molar-refractivity contribution >= 4 is 35.6 Å². The molecule has 3 aromatic rings. The van der Waals surface area contributed by atoms with E-state index in [-0.39, 0.29) is 17.2 Å². The largest absolute Gasteiger partial charge is 0.464 e. The van der Waals surface area contributed by atoms with Crippen molar-refractivity contribution in [2.75, 3.05) is 6.61 Å². The first kappa shape index (κ1) is 31.3. The summed E-state index contributed by atoms with van der Waals surface area (Å²) in [5, 5.41) is 10.4. The molecule has 12 nitrogen and oxygen atoms in total. The Bertz CT molecular complexity index is 1520. The number of nitrogens with zero attached hydrogens (tertiary/aromatic N) is 2. The van der Waals surface area contributed by atoms with Crippen molar-refractivity contribution in [2.45, 2.75) is 62.6 Å². The molecule has 5 atom stereocenters. The van der Waals surface area contributed by atoms with E-state index in [9.17, 15) is 24.4 Å². The van der Waals surface area contributed by atoms with Gasteiger partial charge in [-0.15, -0.1) is 0 Å². The molecular weight excluding hydrogens is 580 g/mol. The molecule has 43 heavy (non-hydrogen) atoms. The summed E-state index contributed by atoms with van der Waals surface area (Å²) < 4.78 is 33.5. The van der Waals surface area contributed by atoms with Crippen LogP contribution in [0.5, 0.6) is 0 Å². The SMILES string of the molecule is CC(=O)OC[C@H]1O[C@@H](Sc2nc(-c3ccccc3)cc(-c3ccco3)c2C#N)[C@H](OC(C)=O)[C@@H](OC(C)=O)[C@H]1OC(C)=O. The molecule has 0 spiro atoms. The molecule has 0 unspecified atom stereocenters. The van der Waals surface area contributed by atoms with Gasteiger partial charge in [-0.25, -0.2) is 4.98 Å². The van der Waals surface area contributed by atoms with Gasteiger partial charge in [0.1, 0.15) is 29.6 Å². The molecule has 3 heterocycles. The Labute approximate surface area is 251 Å². The van der Waals surface area contributed by atoms with Crippen LogP contribution in [0, 0.1) is 11.3 Å². The standard InChI is InChI=1S/C30H28N2O10S/c1-16(33)38-15-25-26(39-17(2)34)27(40-18(3)35)28(41-19(4)36)30(42-25)43-29-22(14-31)21(24-11-8-12-37-24)13-23(32-29)20-9-6-5-7-10-20/h5-13,25-28,30H,15H2,1-4H3/t25-,26+,27+,28-,30+/m1/s1. The summed E-state index contributed by atoms with van der Waals surface area (Å²) in [6, 6.07) is 16.5. The zero-order valence-corrected chi connectivity index (χ0v) is 24.5. The second kappa shape index (κ2) is 14.0. The van der Waals surface area contributed by atoms with E-state index in [2.05, 4.69) is 6.07 Å². The van der Waals surface area contributed by atoms with Gasteiger partial charge in [-0.05, 0) is 18.2 Å². The number of carbonyl (C=O) groups is 4. The van der Waals surface area contributed by atoms with Gasteiger partial charge in [-0.2, -0.15) is 5.26 Å². The van der Waals surface area contributed by atoms with Crippen LogP contribution in [-0.4, -0.2) is 65.3 Å². The first-order valence-corrected chi connectivity index (χ1v) is 14.0. The van der Waals surface area contributed by atoms with Crippen LogP contribution in [0.2, 0.25) is 0 Å². The van der Waals surface area contributed by atoms with Gasteiger partial charge >= 0.3 is 23.9 Å². The molecule has 0 amide bonds. The molecule has 2 aromatic heterocycles. The lowest BCUT2D eigenvalue weighted by Crippen LogP contribution is -2.61. The summed E-state index contributed by atoms with van der Waals surface area (Å²) in [5.41, 5.74) is 0.694. The van der Waals surface area contributed by atoms with Crippen LogP contribution < -0.4 is 0 Å². The number of hydrogen-bond acceptors (Lipinski definition) is 13. The fourth-order valence-corrected chi connectivity index (χ4v) is 5.68. The number of aromatic nitrogens is 1. The van der Waals surface area contributed by atoms with Crippen LogP contribution in [0.1, 0.15) is 33.3 Å². The van der Waals surface area contributed by atoms with Crippen molar-refractivity contribution in [3.63, 3.8) is 0 Å². The quantitative estimate of drug-likeness (QED) is 0.253. The third-order valence-corrected chi connectivity index (χ3v) is 7.26. The number of thioether (sulfide) groups is 1. The Morgan fingerprint density at radius 3 is 2.12 bits per heavy atom. The van der Waals surface area contributed by atoms with E-state index in [4.69, 9.17) is 33.1 Å². The smallest absolute Gasteiger partial charge is 0.303 e. The Hall–Kier alpha value is -4.67. The van der Waals surface area contributed by atoms with Crippen LogP contribution in [0.3, 0.4) is 0 Å². The Morgan fingerprint density at radius 2 is 1.53 bits per heavy atom.